The third-order valence-electron chi connectivity index (χ3n) is 3.66. The van der Waals surface area contributed by atoms with Crippen molar-refractivity contribution in [1.82, 2.24) is 0 Å². The second-order valence-corrected chi connectivity index (χ2v) is 6.05. The van der Waals surface area contributed by atoms with Crippen molar-refractivity contribution >= 4 is 40.8 Å². The fraction of sp³-hybridized carbons (Fsp3) is 0.429. The summed E-state index contributed by atoms with van der Waals surface area (Å²) in [6.07, 6.45) is 2.77. The fourth-order valence-corrected chi connectivity index (χ4v) is 3.18. The molecule has 0 atom stereocenters. The third-order valence-corrected chi connectivity index (χ3v) is 4.10. The van der Waals surface area contributed by atoms with Gasteiger partial charge in [0.15, 0.2) is 0 Å². The van der Waals surface area contributed by atoms with Crippen molar-refractivity contribution in [2.45, 2.75) is 32.1 Å². The molecule has 6 heteroatoms. The molecule has 0 unspecified atom stereocenters. The number of aliphatic carboxylic acids is 1. The lowest BCUT2D eigenvalue weighted by molar-refractivity contribution is -0.150. The highest BCUT2D eigenvalue weighted by Crippen LogP contribution is 2.41. The van der Waals surface area contributed by atoms with Crippen LogP contribution in [-0.4, -0.2) is 17.0 Å². The van der Waals surface area contributed by atoms with Gasteiger partial charge in [0.1, 0.15) is 0 Å². The molecule has 1 aliphatic carbocycles. The van der Waals surface area contributed by atoms with E-state index >= 15 is 0 Å². The van der Waals surface area contributed by atoms with Crippen LogP contribution in [0.15, 0.2) is 18.2 Å². The Labute approximate surface area is 127 Å². The van der Waals surface area contributed by atoms with E-state index in [1.165, 1.54) is 0 Å². The molecule has 108 valence electrons. The molecule has 1 saturated carbocycles. The van der Waals surface area contributed by atoms with Crippen molar-refractivity contribution < 1.29 is 14.7 Å². The van der Waals surface area contributed by atoms with Gasteiger partial charge in [-0.25, -0.2) is 0 Å². The second kappa shape index (κ2) is 6.02. The first-order chi connectivity index (χ1) is 9.41. The highest BCUT2D eigenvalue weighted by Gasteiger charge is 2.42. The minimum Gasteiger partial charge on any atom is -0.481 e. The van der Waals surface area contributed by atoms with Gasteiger partial charge in [-0.15, -0.1) is 0 Å². The molecule has 0 aromatic heterocycles. The maximum Gasteiger partial charge on any atom is 0.310 e. The van der Waals surface area contributed by atoms with Crippen LogP contribution in [0.2, 0.25) is 10.0 Å². The van der Waals surface area contributed by atoms with Crippen LogP contribution in [0.5, 0.6) is 0 Å². The SMILES string of the molecule is O=C(CC1(C(=O)O)CCCC1)Nc1cc(Cl)cc(Cl)c1. The number of halogens is 2. The van der Waals surface area contributed by atoms with E-state index in [0.29, 0.717) is 28.6 Å². The first kappa shape index (κ1) is 15.1. The van der Waals surface area contributed by atoms with Gasteiger partial charge in [-0.05, 0) is 31.0 Å². The summed E-state index contributed by atoms with van der Waals surface area (Å²) < 4.78 is 0. The summed E-state index contributed by atoms with van der Waals surface area (Å²) in [5.41, 5.74) is -0.446. The van der Waals surface area contributed by atoms with E-state index in [0.717, 1.165) is 12.8 Å². The van der Waals surface area contributed by atoms with Crippen LogP contribution in [0.25, 0.3) is 0 Å². The van der Waals surface area contributed by atoms with E-state index in [-0.39, 0.29) is 12.3 Å². The Balaban J connectivity index is 2.06. The van der Waals surface area contributed by atoms with E-state index in [4.69, 9.17) is 23.2 Å². The Morgan fingerprint density at radius 1 is 1.15 bits per heavy atom. The zero-order valence-corrected chi connectivity index (χ0v) is 12.3. The van der Waals surface area contributed by atoms with Crippen molar-refractivity contribution in [3.05, 3.63) is 28.2 Å². The van der Waals surface area contributed by atoms with Gasteiger partial charge in [0, 0.05) is 22.2 Å². The molecule has 4 nitrogen and oxygen atoms in total. The number of carboxylic acid groups (broad SMARTS) is 1. The van der Waals surface area contributed by atoms with E-state index in [1.54, 1.807) is 18.2 Å². The van der Waals surface area contributed by atoms with Gasteiger partial charge in [-0.1, -0.05) is 36.0 Å². The van der Waals surface area contributed by atoms with Crippen LogP contribution < -0.4 is 5.32 Å². The van der Waals surface area contributed by atoms with Crippen LogP contribution >= 0.6 is 23.2 Å². The van der Waals surface area contributed by atoms with Crippen molar-refractivity contribution in [3.8, 4) is 0 Å². The molecule has 0 bridgehead atoms. The maximum absolute atomic E-state index is 12.0. The lowest BCUT2D eigenvalue weighted by Gasteiger charge is -2.22. The number of carbonyl (C=O) groups is 2. The lowest BCUT2D eigenvalue weighted by atomic mass is 9.82. The molecule has 0 aliphatic heterocycles. The molecule has 2 rings (SSSR count). The highest BCUT2D eigenvalue weighted by atomic mass is 35.5. The minimum atomic E-state index is -0.924. The summed E-state index contributed by atoms with van der Waals surface area (Å²) in [7, 11) is 0. The minimum absolute atomic E-state index is 0.0214. The summed E-state index contributed by atoms with van der Waals surface area (Å²) in [5.74, 6) is -1.22. The molecule has 1 amide bonds. The van der Waals surface area contributed by atoms with Crippen molar-refractivity contribution in [2.24, 2.45) is 5.41 Å². The normalized spacial score (nSPS) is 16.9. The first-order valence-corrected chi connectivity index (χ1v) is 7.16. The molecule has 20 heavy (non-hydrogen) atoms. The Kier molecular flexibility index (Phi) is 4.55. The second-order valence-electron chi connectivity index (χ2n) is 5.18. The molecule has 1 aliphatic rings. The topological polar surface area (TPSA) is 66.4 Å². The molecule has 0 spiro atoms. The number of carbonyl (C=O) groups excluding carboxylic acids is 1. The van der Waals surface area contributed by atoms with Crippen molar-refractivity contribution in [1.29, 1.82) is 0 Å². The number of anilines is 1. The quantitative estimate of drug-likeness (QED) is 0.883. The predicted molar refractivity (Wildman–Crippen MR) is 78.2 cm³/mol. The number of nitrogens with one attached hydrogen (secondary N) is 1. The van der Waals surface area contributed by atoms with Crippen LogP contribution in [0.1, 0.15) is 32.1 Å². The number of hydrogen-bond acceptors (Lipinski definition) is 2. The average Bonchev–Trinajstić information content (AvgIpc) is 2.76. The monoisotopic (exact) mass is 315 g/mol. The smallest absolute Gasteiger partial charge is 0.310 e. The molecule has 0 heterocycles. The molecule has 0 radical (unpaired) electrons. The van der Waals surface area contributed by atoms with E-state index in [2.05, 4.69) is 5.32 Å². The van der Waals surface area contributed by atoms with Gasteiger partial charge >= 0.3 is 5.97 Å². The number of benzene rings is 1. The van der Waals surface area contributed by atoms with Gasteiger partial charge in [0.25, 0.3) is 0 Å². The summed E-state index contributed by atoms with van der Waals surface area (Å²) in [6, 6.07) is 4.72. The molecule has 1 aromatic rings. The predicted octanol–water partition coefficient (Wildman–Crippen LogP) is 3.97. The molecule has 1 aromatic carbocycles. The Hall–Kier alpha value is -1.26. The maximum atomic E-state index is 12.0. The van der Waals surface area contributed by atoms with Crippen molar-refractivity contribution in [3.63, 3.8) is 0 Å². The zero-order valence-electron chi connectivity index (χ0n) is 10.8. The highest BCUT2D eigenvalue weighted by molar-refractivity contribution is 6.35. The van der Waals surface area contributed by atoms with Gasteiger partial charge in [0.05, 0.1) is 5.41 Å². The number of amides is 1. The number of rotatable bonds is 4. The Morgan fingerprint density at radius 2 is 1.70 bits per heavy atom. The molecule has 0 saturated heterocycles. The standard InChI is InChI=1S/C14H15Cl2NO3/c15-9-5-10(16)7-11(6-9)17-12(18)8-14(13(19)20)3-1-2-4-14/h5-7H,1-4,8H2,(H,17,18)(H,19,20). The fourth-order valence-electron chi connectivity index (χ4n) is 2.66. The molecular weight excluding hydrogens is 301 g/mol. The molecular formula is C14H15Cl2NO3. The summed E-state index contributed by atoms with van der Waals surface area (Å²) in [6.45, 7) is 0. The van der Waals surface area contributed by atoms with Gasteiger partial charge in [0.2, 0.25) is 5.91 Å². The van der Waals surface area contributed by atoms with E-state index in [1.807, 2.05) is 0 Å². The molecule has 1 fully saturated rings. The van der Waals surface area contributed by atoms with Gasteiger partial charge in [-0.2, -0.15) is 0 Å². The average molecular weight is 316 g/mol. The Bertz CT molecular complexity index is 519. The lowest BCUT2D eigenvalue weighted by Crippen LogP contribution is -2.32. The van der Waals surface area contributed by atoms with E-state index < -0.39 is 11.4 Å². The first-order valence-electron chi connectivity index (χ1n) is 6.41. The molecule has 2 N–H and O–H groups in total. The number of hydrogen-bond donors (Lipinski definition) is 2. The Morgan fingerprint density at radius 3 is 2.20 bits per heavy atom. The summed E-state index contributed by atoms with van der Waals surface area (Å²) >= 11 is 11.7. The summed E-state index contributed by atoms with van der Waals surface area (Å²) in [5, 5.41) is 12.8. The zero-order chi connectivity index (χ0) is 14.8. The van der Waals surface area contributed by atoms with Crippen LogP contribution in [0.4, 0.5) is 5.69 Å². The van der Waals surface area contributed by atoms with Crippen LogP contribution in [0.3, 0.4) is 0 Å². The third kappa shape index (κ3) is 3.44. The van der Waals surface area contributed by atoms with Crippen LogP contribution in [-0.2, 0) is 9.59 Å². The van der Waals surface area contributed by atoms with Gasteiger partial charge < -0.3 is 10.4 Å². The largest absolute Gasteiger partial charge is 0.481 e. The van der Waals surface area contributed by atoms with Gasteiger partial charge in [-0.3, -0.25) is 9.59 Å². The van der Waals surface area contributed by atoms with Crippen molar-refractivity contribution in [2.75, 3.05) is 5.32 Å². The van der Waals surface area contributed by atoms with Crippen LogP contribution in [0, 0.1) is 5.41 Å². The number of carboxylic acids is 1. The van der Waals surface area contributed by atoms with E-state index in [9.17, 15) is 14.7 Å². The summed E-state index contributed by atoms with van der Waals surface area (Å²) in [4.78, 5) is 23.4.